The van der Waals surface area contributed by atoms with Crippen molar-refractivity contribution < 1.29 is 23.2 Å². The Balaban J connectivity index is 2.28. The Morgan fingerprint density at radius 2 is 1.75 bits per heavy atom. The van der Waals surface area contributed by atoms with Crippen LogP contribution in [-0.2, 0) is 14.0 Å². The maximum atomic E-state index is 15.4. The van der Waals surface area contributed by atoms with E-state index in [2.05, 4.69) is 0 Å². The summed E-state index contributed by atoms with van der Waals surface area (Å²) in [5.74, 6) is 0. The van der Waals surface area contributed by atoms with E-state index in [9.17, 15) is 4.79 Å². The van der Waals surface area contributed by atoms with Crippen LogP contribution in [0, 0.1) is 0 Å². The van der Waals surface area contributed by atoms with Gasteiger partial charge in [-0.25, -0.2) is 9.18 Å². The average Bonchev–Trinajstić information content (AvgIpc) is 2.72. The zero-order valence-corrected chi connectivity index (χ0v) is 18.7. The minimum absolute atomic E-state index is 0.273. The van der Waals surface area contributed by atoms with Crippen molar-refractivity contribution in [3.8, 4) is 0 Å². The van der Waals surface area contributed by atoms with Crippen LogP contribution in [0.25, 0.3) is 0 Å². The highest BCUT2D eigenvalue weighted by atomic mass is 19.1. The Morgan fingerprint density at radius 1 is 1.21 bits per heavy atom. The van der Waals surface area contributed by atoms with Gasteiger partial charge in [0.25, 0.3) is 0 Å². The number of amides is 1. The quantitative estimate of drug-likeness (QED) is 0.662. The lowest BCUT2D eigenvalue weighted by atomic mass is 9.80. The molecule has 0 N–H and O–H groups in total. The standard InChI is InChI=1S/C20H34BFN2O4/c1-18(2,3)26-17(25)24-11-10-15(14(13-24)12-23(8)9)16(22)21-27-19(4,5)20(6,7)28-21/h12H,10-11,13H2,1-9H3/b14-12-,16-15?. The molecule has 2 saturated heterocycles. The highest BCUT2D eigenvalue weighted by molar-refractivity contribution is 6.54. The Hall–Kier alpha value is -1.54. The number of piperidine rings is 1. The van der Waals surface area contributed by atoms with E-state index in [1.54, 1.807) is 4.90 Å². The van der Waals surface area contributed by atoms with E-state index in [4.69, 9.17) is 14.0 Å². The maximum Gasteiger partial charge on any atom is 0.525 e. The number of halogens is 1. The molecule has 2 heterocycles. The third-order valence-corrected chi connectivity index (χ3v) is 5.19. The van der Waals surface area contributed by atoms with Crippen molar-refractivity contribution in [2.45, 2.75) is 71.7 Å². The molecule has 0 unspecified atom stereocenters. The molecule has 0 saturated carbocycles. The van der Waals surface area contributed by atoms with Gasteiger partial charge in [0.15, 0.2) is 0 Å². The summed E-state index contributed by atoms with van der Waals surface area (Å²) >= 11 is 0. The minimum atomic E-state index is -1.04. The molecule has 28 heavy (non-hydrogen) atoms. The number of hydrogen-bond donors (Lipinski definition) is 0. The molecule has 0 aliphatic carbocycles. The minimum Gasteiger partial charge on any atom is -0.444 e. The lowest BCUT2D eigenvalue weighted by Gasteiger charge is -2.33. The Labute approximate surface area is 168 Å². The molecule has 0 spiro atoms. The zero-order valence-electron chi connectivity index (χ0n) is 18.7. The highest BCUT2D eigenvalue weighted by Gasteiger charge is 2.53. The SMILES string of the molecule is CN(C)/C=C1/CN(C(=O)OC(C)(C)C)CCC1=C(F)B1OC(C)(C)C(C)(C)O1. The van der Waals surface area contributed by atoms with Crippen LogP contribution >= 0.6 is 0 Å². The van der Waals surface area contributed by atoms with Crippen molar-refractivity contribution in [3.63, 3.8) is 0 Å². The molecule has 8 heteroatoms. The first-order chi connectivity index (χ1) is 12.6. The monoisotopic (exact) mass is 396 g/mol. The molecule has 0 radical (unpaired) electrons. The van der Waals surface area contributed by atoms with Gasteiger partial charge in [-0.05, 0) is 66.0 Å². The summed E-state index contributed by atoms with van der Waals surface area (Å²) in [6, 6.07) is 0. The molecule has 0 atom stereocenters. The molecule has 158 valence electrons. The Morgan fingerprint density at radius 3 is 2.21 bits per heavy atom. The first kappa shape index (κ1) is 22.8. The topological polar surface area (TPSA) is 51.2 Å². The fourth-order valence-corrected chi connectivity index (χ4v) is 3.06. The van der Waals surface area contributed by atoms with E-state index < -0.39 is 35.7 Å². The first-order valence-corrected chi connectivity index (χ1v) is 9.72. The van der Waals surface area contributed by atoms with Crippen molar-refractivity contribution in [1.29, 1.82) is 0 Å². The zero-order chi connectivity index (χ0) is 21.5. The molecule has 0 aromatic rings. The Bertz CT molecular complexity index is 664. The van der Waals surface area contributed by atoms with Crippen LogP contribution in [0.3, 0.4) is 0 Å². The van der Waals surface area contributed by atoms with Crippen molar-refractivity contribution in [2.75, 3.05) is 27.2 Å². The number of likely N-dealkylation sites (tertiary alicyclic amines) is 1. The van der Waals surface area contributed by atoms with Crippen LogP contribution in [0.2, 0.25) is 0 Å². The second kappa shape index (κ2) is 7.71. The van der Waals surface area contributed by atoms with Crippen LogP contribution in [0.5, 0.6) is 0 Å². The van der Waals surface area contributed by atoms with Gasteiger partial charge in [-0.15, -0.1) is 0 Å². The molecular formula is C20H34BFN2O4. The lowest BCUT2D eigenvalue weighted by molar-refractivity contribution is 0.00578. The van der Waals surface area contributed by atoms with Crippen molar-refractivity contribution in [2.24, 2.45) is 0 Å². The predicted octanol–water partition coefficient (Wildman–Crippen LogP) is 3.93. The molecule has 2 aliphatic rings. The van der Waals surface area contributed by atoms with Crippen LogP contribution in [0.1, 0.15) is 54.9 Å². The second-order valence-electron chi connectivity index (χ2n) is 9.68. The van der Waals surface area contributed by atoms with Gasteiger partial charge < -0.3 is 23.8 Å². The van der Waals surface area contributed by atoms with E-state index in [1.165, 1.54) is 0 Å². The van der Waals surface area contributed by atoms with Crippen LogP contribution in [-0.4, -0.2) is 67.0 Å². The van der Waals surface area contributed by atoms with E-state index >= 15 is 4.39 Å². The highest BCUT2D eigenvalue weighted by Crippen LogP contribution is 2.40. The van der Waals surface area contributed by atoms with Gasteiger partial charge in [0.1, 0.15) is 11.3 Å². The second-order valence-corrected chi connectivity index (χ2v) is 9.68. The van der Waals surface area contributed by atoms with Crippen molar-refractivity contribution in [1.82, 2.24) is 9.80 Å². The van der Waals surface area contributed by atoms with Crippen molar-refractivity contribution >= 4 is 13.2 Å². The average molecular weight is 396 g/mol. The smallest absolute Gasteiger partial charge is 0.444 e. The van der Waals surface area contributed by atoms with Crippen LogP contribution in [0.4, 0.5) is 9.18 Å². The fraction of sp³-hybridized carbons (Fsp3) is 0.750. The molecule has 2 fully saturated rings. The summed E-state index contributed by atoms with van der Waals surface area (Å²) in [5.41, 5.74) is -0.972. The van der Waals surface area contributed by atoms with E-state index in [0.29, 0.717) is 24.1 Å². The largest absolute Gasteiger partial charge is 0.525 e. The normalized spacial score (nSPS) is 25.1. The summed E-state index contributed by atoms with van der Waals surface area (Å²) in [6.07, 6.45) is 1.80. The summed E-state index contributed by atoms with van der Waals surface area (Å²) in [6.45, 7) is 13.7. The lowest BCUT2D eigenvalue weighted by Crippen LogP contribution is -2.42. The van der Waals surface area contributed by atoms with Gasteiger partial charge in [0.2, 0.25) is 0 Å². The summed E-state index contributed by atoms with van der Waals surface area (Å²) in [4.78, 5) is 15.9. The summed E-state index contributed by atoms with van der Waals surface area (Å²) < 4.78 is 32.6. The number of hydrogen-bond acceptors (Lipinski definition) is 5. The Kier molecular flexibility index (Phi) is 6.26. The molecule has 6 nitrogen and oxygen atoms in total. The fourth-order valence-electron chi connectivity index (χ4n) is 3.06. The maximum absolute atomic E-state index is 15.4. The first-order valence-electron chi connectivity index (χ1n) is 9.72. The third kappa shape index (κ3) is 5.09. The molecule has 2 rings (SSSR count). The van der Waals surface area contributed by atoms with Gasteiger partial charge in [-0.2, -0.15) is 0 Å². The van der Waals surface area contributed by atoms with Gasteiger partial charge >= 0.3 is 13.2 Å². The summed E-state index contributed by atoms with van der Waals surface area (Å²) in [7, 11) is 2.69. The van der Waals surface area contributed by atoms with Gasteiger partial charge in [-0.1, -0.05) is 0 Å². The molecule has 2 aliphatic heterocycles. The number of nitrogens with zero attached hydrogens (tertiary/aromatic N) is 2. The number of ether oxygens (including phenoxy) is 1. The van der Waals surface area contributed by atoms with Gasteiger partial charge in [-0.3, -0.25) is 0 Å². The van der Waals surface area contributed by atoms with E-state index in [1.807, 2.05) is 73.7 Å². The third-order valence-electron chi connectivity index (χ3n) is 5.19. The molecule has 0 aromatic heterocycles. The van der Waals surface area contributed by atoms with Gasteiger partial charge in [0, 0.05) is 26.8 Å². The van der Waals surface area contributed by atoms with Gasteiger partial charge in [0.05, 0.1) is 17.7 Å². The molecular weight excluding hydrogens is 362 g/mol. The number of carbonyl (C=O) groups is 1. The van der Waals surface area contributed by atoms with Crippen LogP contribution in [0.15, 0.2) is 23.1 Å². The molecule has 0 aromatic carbocycles. The summed E-state index contributed by atoms with van der Waals surface area (Å²) in [5, 5.41) is 0. The van der Waals surface area contributed by atoms with E-state index in [-0.39, 0.29) is 6.54 Å². The van der Waals surface area contributed by atoms with Crippen molar-refractivity contribution in [3.05, 3.63) is 23.1 Å². The number of rotatable bonds is 2. The number of carbonyl (C=O) groups excluding carboxylic acids is 1. The molecule has 0 bridgehead atoms. The van der Waals surface area contributed by atoms with E-state index in [0.717, 1.165) is 0 Å². The molecule has 1 amide bonds. The predicted molar refractivity (Wildman–Crippen MR) is 108 cm³/mol. The van der Waals surface area contributed by atoms with Crippen LogP contribution < -0.4 is 0 Å².